The summed E-state index contributed by atoms with van der Waals surface area (Å²) in [5.41, 5.74) is 6.35. The van der Waals surface area contributed by atoms with E-state index in [1.165, 1.54) is 25.5 Å². The molecular formula is C22H26IN3O5. The fourth-order valence-electron chi connectivity index (χ4n) is 3.43. The highest BCUT2D eigenvalue weighted by Crippen LogP contribution is 2.32. The molecule has 2 N–H and O–H groups in total. The number of carbonyl (C=O) groups is 3. The summed E-state index contributed by atoms with van der Waals surface area (Å²) in [4.78, 5) is 42.0. The van der Waals surface area contributed by atoms with Gasteiger partial charge in [0.25, 0.3) is 0 Å². The van der Waals surface area contributed by atoms with E-state index in [1.54, 1.807) is 8.98 Å². The number of hydrogen-bond donors (Lipinski definition) is 1. The average molecular weight is 539 g/mol. The number of allylic oxidation sites excluding steroid dienone is 1. The molecule has 166 valence electrons. The van der Waals surface area contributed by atoms with Crippen LogP contribution < -0.4 is 5.73 Å². The first-order chi connectivity index (χ1) is 15.0. The van der Waals surface area contributed by atoms with Gasteiger partial charge in [-0.3, -0.25) is 14.6 Å². The Hall–Kier alpha value is -2.69. The summed E-state index contributed by atoms with van der Waals surface area (Å²) >= 11 is 1.92. The summed E-state index contributed by atoms with van der Waals surface area (Å²) in [5, 5.41) is 0. The molecule has 2 atom stereocenters. The third-order valence-electron chi connectivity index (χ3n) is 4.91. The second-order valence-electron chi connectivity index (χ2n) is 6.83. The summed E-state index contributed by atoms with van der Waals surface area (Å²) in [7, 11) is 1.35. The standard InChI is InChI=1S/C22H26IN3O5/c1-30-21(28)19(16-8-3-2-4-9-16)18-11-5-6-13-26(18)22(29)31-15-25-12-7-10-17(14-23)20(24)27/h2-4,7-10,12,14,18-19H,5-6,11,13,15H2,1H3,(H2,24,27)/b10-7-,17-14+,25-12+. The number of hydrogen-bond acceptors (Lipinski definition) is 6. The van der Waals surface area contributed by atoms with Gasteiger partial charge in [0.15, 0.2) is 6.73 Å². The zero-order valence-corrected chi connectivity index (χ0v) is 19.4. The number of benzene rings is 1. The number of esters is 1. The van der Waals surface area contributed by atoms with Crippen LogP contribution in [0.15, 0.2) is 57.1 Å². The number of aliphatic imine (C=N–C) groups is 1. The van der Waals surface area contributed by atoms with E-state index in [1.807, 2.05) is 52.9 Å². The fraction of sp³-hybridized carbons (Fsp3) is 0.364. The van der Waals surface area contributed by atoms with Gasteiger partial charge in [0.05, 0.1) is 13.2 Å². The molecular weight excluding hydrogens is 513 g/mol. The second-order valence-corrected chi connectivity index (χ2v) is 7.45. The normalized spacial score (nSPS) is 18.2. The van der Waals surface area contributed by atoms with Crippen LogP contribution in [0.4, 0.5) is 4.79 Å². The first-order valence-electron chi connectivity index (χ1n) is 9.82. The number of ether oxygens (including phenoxy) is 2. The Morgan fingerprint density at radius 2 is 2.03 bits per heavy atom. The van der Waals surface area contributed by atoms with Crippen LogP contribution in [0.5, 0.6) is 0 Å². The van der Waals surface area contributed by atoms with Crippen LogP contribution in [0.25, 0.3) is 0 Å². The van der Waals surface area contributed by atoms with E-state index in [4.69, 9.17) is 15.2 Å². The van der Waals surface area contributed by atoms with Gasteiger partial charge in [0.2, 0.25) is 5.91 Å². The first kappa shape index (κ1) is 24.6. The van der Waals surface area contributed by atoms with Crippen molar-refractivity contribution >= 4 is 46.8 Å². The number of amides is 2. The van der Waals surface area contributed by atoms with Gasteiger partial charge in [-0.1, -0.05) is 52.9 Å². The molecule has 0 aromatic heterocycles. The van der Waals surface area contributed by atoms with Gasteiger partial charge in [0.1, 0.15) is 5.92 Å². The van der Waals surface area contributed by atoms with Crippen LogP contribution in [-0.2, 0) is 19.1 Å². The number of carbonyl (C=O) groups excluding carboxylic acids is 3. The van der Waals surface area contributed by atoms with Gasteiger partial charge in [0, 0.05) is 18.3 Å². The Kier molecular flexibility index (Phi) is 10.2. The first-order valence-corrected chi connectivity index (χ1v) is 11.1. The molecule has 1 fully saturated rings. The minimum atomic E-state index is -0.585. The third-order valence-corrected chi connectivity index (χ3v) is 5.59. The summed E-state index contributed by atoms with van der Waals surface area (Å²) < 4.78 is 11.9. The Bertz CT molecular complexity index is 854. The van der Waals surface area contributed by atoms with Crippen molar-refractivity contribution < 1.29 is 23.9 Å². The molecule has 1 aromatic carbocycles. The number of nitrogens with two attached hydrogens (primary N) is 1. The van der Waals surface area contributed by atoms with E-state index in [0.717, 1.165) is 18.4 Å². The van der Waals surface area contributed by atoms with Crippen molar-refractivity contribution in [1.29, 1.82) is 0 Å². The van der Waals surface area contributed by atoms with Gasteiger partial charge in [-0.25, -0.2) is 4.79 Å². The van der Waals surface area contributed by atoms with Crippen LogP contribution >= 0.6 is 22.6 Å². The van der Waals surface area contributed by atoms with Crippen LogP contribution in [0.2, 0.25) is 0 Å². The van der Waals surface area contributed by atoms with E-state index in [9.17, 15) is 14.4 Å². The maximum Gasteiger partial charge on any atom is 0.411 e. The van der Waals surface area contributed by atoms with Crippen molar-refractivity contribution in [3.05, 3.63) is 57.7 Å². The Morgan fingerprint density at radius 1 is 1.29 bits per heavy atom. The predicted molar refractivity (Wildman–Crippen MR) is 126 cm³/mol. The molecule has 1 aliphatic heterocycles. The molecule has 2 unspecified atom stereocenters. The van der Waals surface area contributed by atoms with Crippen LogP contribution in [-0.4, -0.2) is 55.5 Å². The van der Waals surface area contributed by atoms with E-state index in [2.05, 4.69) is 4.99 Å². The number of likely N-dealkylation sites (tertiary alicyclic amines) is 1. The van der Waals surface area contributed by atoms with Crippen LogP contribution in [0.3, 0.4) is 0 Å². The molecule has 0 bridgehead atoms. The molecule has 1 heterocycles. The molecule has 0 radical (unpaired) electrons. The summed E-state index contributed by atoms with van der Waals surface area (Å²) in [5.74, 6) is -1.51. The zero-order chi connectivity index (χ0) is 22.6. The molecule has 8 nitrogen and oxygen atoms in total. The molecule has 1 saturated heterocycles. The predicted octanol–water partition coefficient (Wildman–Crippen LogP) is 3.32. The van der Waals surface area contributed by atoms with E-state index in [-0.39, 0.29) is 18.7 Å². The lowest BCUT2D eigenvalue weighted by atomic mass is 9.85. The van der Waals surface area contributed by atoms with Crippen molar-refractivity contribution in [2.75, 3.05) is 20.4 Å². The van der Waals surface area contributed by atoms with E-state index >= 15 is 0 Å². The summed E-state index contributed by atoms with van der Waals surface area (Å²) in [6.45, 7) is 0.316. The molecule has 2 rings (SSSR count). The number of halogens is 1. The van der Waals surface area contributed by atoms with Crippen LogP contribution in [0.1, 0.15) is 30.7 Å². The second kappa shape index (κ2) is 12.9. The molecule has 2 amide bonds. The van der Waals surface area contributed by atoms with E-state index in [0.29, 0.717) is 18.5 Å². The Morgan fingerprint density at radius 3 is 2.68 bits per heavy atom. The SMILES string of the molecule is COC(=O)C(c1ccccc1)C1CCCCN1C(=O)OC/N=C/C=C\C(=C/I)C(N)=O. The van der Waals surface area contributed by atoms with Crippen molar-refractivity contribution in [2.45, 2.75) is 31.2 Å². The van der Waals surface area contributed by atoms with Gasteiger partial charge < -0.3 is 20.1 Å². The lowest BCUT2D eigenvalue weighted by Crippen LogP contribution is -2.49. The van der Waals surface area contributed by atoms with Crippen molar-refractivity contribution in [2.24, 2.45) is 10.7 Å². The number of methoxy groups -OCH3 is 1. The molecule has 1 aromatic rings. The number of primary amides is 1. The average Bonchev–Trinajstić information content (AvgIpc) is 2.79. The molecule has 9 heteroatoms. The molecule has 0 aliphatic carbocycles. The zero-order valence-electron chi connectivity index (χ0n) is 17.3. The highest BCUT2D eigenvalue weighted by molar-refractivity contribution is 14.1. The monoisotopic (exact) mass is 539 g/mol. The molecule has 1 aliphatic rings. The van der Waals surface area contributed by atoms with Crippen molar-refractivity contribution in [1.82, 2.24) is 4.90 Å². The van der Waals surface area contributed by atoms with Gasteiger partial charge in [-0.05, 0) is 41.1 Å². The topological polar surface area (TPSA) is 111 Å². The largest absolute Gasteiger partial charge is 0.468 e. The van der Waals surface area contributed by atoms with Crippen LogP contribution in [0, 0.1) is 0 Å². The number of rotatable bonds is 8. The minimum Gasteiger partial charge on any atom is -0.468 e. The maximum absolute atomic E-state index is 12.7. The van der Waals surface area contributed by atoms with Gasteiger partial charge in [-0.2, -0.15) is 0 Å². The molecule has 0 saturated carbocycles. The smallest absolute Gasteiger partial charge is 0.411 e. The maximum atomic E-state index is 12.7. The third kappa shape index (κ3) is 7.20. The molecule has 0 spiro atoms. The Balaban J connectivity index is 2.04. The fourth-order valence-corrected chi connectivity index (χ4v) is 3.95. The number of piperidine rings is 1. The van der Waals surface area contributed by atoms with Crippen molar-refractivity contribution in [3.8, 4) is 0 Å². The van der Waals surface area contributed by atoms with Gasteiger partial charge in [-0.15, -0.1) is 0 Å². The highest BCUT2D eigenvalue weighted by Gasteiger charge is 2.39. The van der Waals surface area contributed by atoms with Gasteiger partial charge >= 0.3 is 12.1 Å². The lowest BCUT2D eigenvalue weighted by molar-refractivity contribution is -0.144. The lowest BCUT2D eigenvalue weighted by Gasteiger charge is -2.38. The minimum absolute atomic E-state index is 0.180. The highest BCUT2D eigenvalue weighted by atomic mass is 127. The molecule has 31 heavy (non-hydrogen) atoms. The quantitative estimate of drug-likeness (QED) is 0.179. The Labute approximate surface area is 195 Å². The summed E-state index contributed by atoms with van der Waals surface area (Å²) in [6.07, 6.45) is 6.36. The summed E-state index contributed by atoms with van der Waals surface area (Å²) in [6, 6.07) is 8.96. The van der Waals surface area contributed by atoms with Crippen molar-refractivity contribution in [3.63, 3.8) is 0 Å². The van der Waals surface area contributed by atoms with E-state index < -0.39 is 17.9 Å². The number of nitrogens with zero attached hydrogens (tertiary/aromatic N) is 2.